The number of rotatable bonds is 9. The van der Waals surface area contributed by atoms with E-state index < -0.39 is 5.82 Å². The van der Waals surface area contributed by atoms with Crippen molar-refractivity contribution in [3.05, 3.63) is 29.6 Å². The number of ether oxygens (including phenoxy) is 2. The molecule has 0 amide bonds. The summed E-state index contributed by atoms with van der Waals surface area (Å²) in [5.74, 6) is -0.0313. The number of ketones is 1. The van der Waals surface area contributed by atoms with Gasteiger partial charge < -0.3 is 9.47 Å². The third kappa shape index (κ3) is 5.81. The first kappa shape index (κ1) is 17.6. The number of carbonyl (C=O) groups is 1. The van der Waals surface area contributed by atoms with E-state index in [1.165, 1.54) is 19.2 Å². The smallest absolute Gasteiger partial charge is 0.176 e. The first-order chi connectivity index (χ1) is 9.97. The summed E-state index contributed by atoms with van der Waals surface area (Å²) < 4.78 is 23.6. The number of carbonyl (C=O) groups excluding carboxylic acids is 1. The Morgan fingerprint density at radius 3 is 2.57 bits per heavy atom. The molecule has 0 bridgehead atoms. The van der Waals surface area contributed by atoms with Crippen LogP contribution in [-0.4, -0.2) is 51.1 Å². The monoisotopic (exact) mass is 297 g/mol. The molecule has 0 heterocycles. The lowest BCUT2D eigenvalue weighted by molar-refractivity contribution is 0.0880. The lowest BCUT2D eigenvalue weighted by atomic mass is 10.1. The van der Waals surface area contributed by atoms with Crippen LogP contribution in [0.1, 0.15) is 24.2 Å². The quantitative estimate of drug-likeness (QED) is 0.657. The van der Waals surface area contributed by atoms with Crippen LogP contribution in [0.3, 0.4) is 0 Å². The van der Waals surface area contributed by atoms with E-state index in [-0.39, 0.29) is 18.1 Å². The van der Waals surface area contributed by atoms with Crippen molar-refractivity contribution in [1.29, 1.82) is 0 Å². The third-order valence-electron chi connectivity index (χ3n) is 3.08. The van der Waals surface area contributed by atoms with Crippen molar-refractivity contribution in [2.24, 2.45) is 5.92 Å². The lowest BCUT2D eigenvalue weighted by Crippen LogP contribution is -2.35. The Bertz CT molecular complexity index is 463. The van der Waals surface area contributed by atoms with Crippen molar-refractivity contribution in [1.82, 2.24) is 4.90 Å². The molecule has 21 heavy (non-hydrogen) atoms. The molecule has 0 aliphatic carbocycles. The number of hydrogen-bond donors (Lipinski definition) is 0. The van der Waals surface area contributed by atoms with Gasteiger partial charge in [0.2, 0.25) is 0 Å². The highest BCUT2D eigenvalue weighted by Crippen LogP contribution is 2.18. The van der Waals surface area contributed by atoms with Crippen molar-refractivity contribution in [2.75, 3.05) is 40.5 Å². The predicted molar refractivity (Wildman–Crippen MR) is 80.4 cm³/mol. The van der Waals surface area contributed by atoms with Crippen molar-refractivity contribution in [3.63, 3.8) is 0 Å². The first-order valence-corrected chi connectivity index (χ1v) is 7.06. The first-order valence-electron chi connectivity index (χ1n) is 7.06. The summed E-state index contributed by atoms with van der Waals surface area (Å²) in [7, 11) is 3.03. The molecule has 0 saturated heterocycles. The van der Waals surface area contributed by atoms with Gasteiger partial charge >= 0.3 is 0 Å². The Kier molecular flexibility index (Phi) is 7.32. The second kappa shape index (κ2) is 8.74. The van der Waals surface area contributed by atoms with E-state index in [4.69, 9.17) is 9.47 Å². The van der Waals surface area contributed by atoms with Crippen molar-refractivity contribution in [3.8, 4) is 5.75 Å². The van der Waals surface area contributed by atoms with Crippen LogP contribution in [0.2, 0.25) is 0 Å². The molecule has 0 aromatic heterocycles. The van der Waals surface area contributed by atoms with Crippen LogP contribution in [-0.2, 0) is 4.74 Å². The maximum Gasteiger partial charge on any atom is 0.176 e. The zero-order chi connectivity index (χ0) is 15.8. The Hall–Kier alpha value is -1.46. The van der Waals surface area contributed by atoms with Crippen LogP contribution in [0, 0.1) is 11.7 Å². The number of benzene rings is 1. The van der Waals surface area contributed by atoms with E-state index in [0.717, 1.165) is 6.54 Å². The predicted octanol–water partition coefficient (Wildman–Crippen LogP) is 2.62. The van der Waals surface area contributed by atoms with Gasteiger partial charge in [0.05, 0.1) is 20.3 Å². The molecule has 4 nitrogen and oxygen atoms in total. The standard InChI is InChI=1S/C16H24FNO3/c1-12(2)10-18(7-8-20-3)11-15(19)13-5-6-16(21-4)14(17)9-13/h5-6,9,12H,7-8,10-11H2,1-4H3. The second-order valence-corrected chi connectivity index (χ2v) is 5.39. The highest BCUT2D eigenvalue weighted by molar-refractivity contribution is 5.97. The molecule has 1 rings (SSSR count). The number of Topliss-reactive ketones (excluding diaryl/α,β-unsaturated/α-hetero) is 1. The highest BCUT2D eigenvalue weighted by atomic mass is 19.1. The molecule has 0 saturated carbocycles. The molecule has 0 fully saturated rings. The Morgan fingerprint density at radius 1 is 1.33 bits per heavy atom. The molecule has 0 radical (unpaired) electrons. The fraction of sp³-hybridized carbons (Fsp3) is 0.562. The van der Waals surface area contributed by atoms with Crippen LogP contribution in [0.4, 0.5) is 4.39 Å². The minimum absolute atomic E-state index is 0.103. The molecule has 0 aliphatic rings. The van der Waals surface area contributed by atoms with E-state index in [1.54, 1.807) is 13.2 Å². The molecule has 0 spiro atoms. The van der Waals surface area contributed by atoms with E-state index in [2.05, 4.69) is 13.8 Å². The SMILES string of the molecule is COCCN(CC(=O)c1ccc(OC)c(F)c1)CC(C)C. The largest absolute Gasteiger partial charge is 0.494 e. The summed E-state index contributed by atoms with van der Waals surface area (Å²) in [6.07, 6.45) is 0. The number of hydrogen-bond acceptors (Lipinski definition) is 4. The number of nitrogens with zero attached hydrogens (tertiary/aromatic N) is 1. The van der Waals surface area contributed by atoms with Crippen molar-refractivity contribution < 1.29 is 18.7 Å². The molecule has 0 N–H and O–H groups in total. The van der Waals surface area contributed by atoms with Crippen molar-refractivity contribution in [2.45, 2.75) is 13.8 Å². The van der Waals surface area contributed by atoms with Gasteiger partial charge in [0.25, 0.3) is 0 Å². The minimum Gasteiger partial charge on any atom is -0.494 e. The summed E-state index contributed by atoms with van der Waals surface area (Å²) in [6, 6.07) is 4.30. The van der Waals surface area contributed by atoms with Crippen LogP contribution < -0.4 is 4.74 Å². The zero-order valence-electron chi connectivity index (χ0n) is 13.2. The van der Waals surface area contributed by atoms with Gasteiger partial charge in [0, 0.05) is 25.8 Å². The van der Waals surface area contributed by atoms with Gasteiger partial charge in [-0.3, -0.25) is 9.69 Å². The molecule has 0 aliphatic heterocycles. The Labute approximate surface area is 125 Å². The number of methoxy groups -OCH3 is 2. The average molecular weight is 297 g/mol. The summed E-state index contributed by atoms with van der Waals surface area (Å²) in [5, 5.41) is 0. The summed E-state index contributed by atoms with van der Waals surface area (Å²) >= 11 is 0. The molecular weight excluding hydrogens is 273 g/mol. The summed E-state index contributed by atoms with van der Waals surface area (Å²) in [5.41, 5.74) is 0.361. The Morgan fingerprint density at radius 2 is 2.05 bits per heavy atom. The van der Waals surface area contributed by atoms with Gasteiger partial charge in [-0.25, -0.2) is 4.39 Å². The van der Waals surface area contributed by atoms with Crippen LogP contribution in [0.5, 0.6) is 5.75 Å². The summed E-state index contributed by atoms with van der Waals surface area (Å²) in [6.45, 7) is 6.49. The zero-order valence-corrected chi connectivity index (χ0v) is 13.2. The van der Waals surface area contributed by atoms with Crippen molar-refractivity contribution >= 4 is 5.78 Å². The molecule has 0 unspecified atom stereocenters. The van der Waals surface area contributed by atoms with E-state index in [0.29, 0.717) is 24.6 Å². The molecule has 5 heteroatoms. The fourth-order valence-electron chi connectivity index (χ4n) is 2.11. The van der Waals surface area contributed by atoms with E-state index in [9.17, 15) is 9.18 Å². The second-order valence-electron chi connectivity index (χ2n) is 5.39. The maximum absolute atomic E-state index is 13.7. The Balaban J connectivity index is 2.73. The molecule has 0 atom stereocenters. The fourth-order valence-corrected chi connectivity index (χ4v) is 2.11. The van der Waals surface area contributed by atoms with E-state index in [1.807, 2.05) is 4.90 Å². The molecular formula is C16H24FNO3. The lowest BCUT2D eigenvalue weighted by Gasteiger charge is -2.23. The van der Waals surface area contributed by atoms with Gasteiger partial charge in [-0.15, -0.1) is 0 Å². The average Bonchev–Trinajstić information content (AvgIpc) is 2.43. The third-order valence-corrected chi connectivity index (χ3v) is 3.08. The maximum atomic E-state index is 13.7. The van der Waals surface area contributed by atoms with Crippen LogP contribution in [0.25, 0.3) is 0 Å². The van der Waals surface area contributed by atoms with Crippen LogP contribution >= 0.6 is 0 Å². The normalized spacial score (nSPS) is 11.2. The highest BCUT2D eigenvalue weighted by Gasteiger charge is 2.15. The molecule has 1 aromatic carbocycles. The summed E-state index contributed by atoms with van der Waals surface area (Å²) in [4.78, 5) is 14.3. The van der Waals surface area contributed by atoms with Gasteiger partial charge in [-0.2, -0.15) is 0 Å². The number of halogens is 1. The van der Waals surface area contributed by atoms with Gasteiger partial charge in [-0.05, 0) is 24.1 Å². The minimum atomic E-state index is -0.518. The topological polar surface area (TPSA) is 38.8 Å². The van der Waals surface area contributed by atoms with Gasteiger partial charge in [0.15, 0.2) is 17.3 Å². The van der Waals surface area contributed by atoms with Gasteiger partial charge in [-0.1, -0.05) is 13.8 Å². The molecule has 1 aromatic rings. The van der Waals surface area contributed by atoms with Gasteiger partial charge in [0.1, 0.15) is 0 Å². The molecule has 118 valence electrons. The van der Waals surface area contributed by atoms with E-state index >= 15 is 0 Å². The van der Waals surface area contributed by atoms with Crippen LogP contribution in [0.15, 0.2) is 18.2 Å².